The number of fused-ring (bicyclic) bond motifs is 1. The summed E-state index contributed by atoms with van der Waals surface area (Å²) in [6, 6.07) is 10.5. The molecule has 0 unspecified atom stereocenters. The number of halogens is 2. The third kappa shape index (κ3) is 2.70. The number of anilines is 1. The molecule has 3 aromatic rings. The van der Waals surface area contributed by atoms with Gasteiger partial charge in [-0.15, -0.1) is 0 Å². The molecular formula is C19H12F2N2O2S. The van der Waals surface area contributed by atoms with E-state index in [1.54, 1.807) is 24.4 Å². The molecule has 7 heteroatoms. The van der Waals surface area contributed by atoms with Crippen LogP contribution in [0.4, 0.5) is 19.3 Å². The fraction of sp³-hybridized carbons (Fsp3) is 0.0526. The number of aromatic nitrogens is 1. The van der Waals surface area contributed by atoms with E-state index in [2.05, 4.69) is 6.58 Å². The highest BCUT2D eigenvalue weighted by molar-refractivity contribution is 8.27. The van der Waals surface area contributed by atoms with Crippen molar-refractivity contribution in [3.8, 4) is 0 Å². The Labute approximate surface area is 151 Å². The lowest BCUT2D eigenvalue weighted by Crippen LogP contribution is -2.20. The van der Waals surface area contributed by atoms with E-state index >= 15 is 0 Å². The highest BCUT2D eigenvalue weighted by Gasteiger charge is 2.35. The standard InChI is InChI=1S/C19H12F2N2O2S/c1-11-18(24)26-19(25)23(11)17-4-2-3-16-15(17)5-6-22(16)10-12-7-13(20)9-14(21)8-12/h2-9H,1,10H2. The van der Waals surface area contributed by atoms with E-state index in [1.807, 2.05) is 10.6 Å². The van der Waals surface area contributed by atoms with Crippen molar-refractivity contribution in [2.24, 2.45) is 0 Å². The van der Waals surface area contributed by atoms with Crippen molar-refractivity contribution in [3.05, 3.63) is 78.1 Å². The van der Waals surface area contributed by atoms with Gasteiger partial charge in [0.1, 0.15) is 11.6 Å². The smallest absolute Gasteiger partial charge is 0.298 e. The number of thioether (sulfide) groups is 1. The molecule has 0 N–H and O–H groups in total. The van der Waals surface area contributed by atoms with Gasteiger partial charge < -0.3 is 4.57 Å². The van der Waals surface area contributed by atoms with Gasteiger partial charge in [0, 0.05) is 36.0 Å². The first-order chi connectivity index (χ1) is 12.4. The van der Waals surface area contributed by atoms with E-state index in [4.69, 9.17) is 0 Å². The fourth-order valence-electron chi connectivity index (χ4n) is 3.07. The Hall–Kier alpha value is -2.93. The molecule has 4 nitrogen and oxygen atoms in total. The predicted molar refractivity (Wildman–Crippen MR) is 97.0 cm³/mol. The van der Waals surface area contributed by atoms with Gasteiger partial charge in [0.25, 0.3) is 5.24 Å². The summed E-state index contributed by atoms with van der Waals surface area (Å²) in [5, 5.41) is -0.0247. The van der Waals surface area contributed by atoms with Crippen LogP contribution in [-0.2, 0) is 11.3 Å². The van der Waals surface area contributed by atoms with Crippen LogP contribution < -0.4 is 4.90 Å². The second kappa shape index (κ2) is 6.10. The molecule has 0 radical (unpaired) electrons. The zero-order valence-electron chi connectivity index (χ0n) is 13.4. The third-order valence-electron chi connectivity index (χ3n) is 4.17. The summed E-state index contributed by atoms with van der Waals surface area (Å²) in [4.78, 5) is 25.2. The van der Waals surface area contributed by atoms with Crippen LogP contribution in [0.1, 0.15) is 5.56 Å². The number of carbonyl (C=O) groups excluding carboxylic acids is 2. The first-order valence-electron chi connectivity index (χ1n) is 7.72. The SMILES string of the molecule is C=C1C(=O)SC(=O)N1c1cccc2c1ccn2Cc1cc(F)cc(F)c1. The molecular weight excluding hydrogens is 358 g/mol. The zero-order chi connectivity index (χ0) is 18.4. The molecule has 2 heterocycles. The Morgan fingerprint density at radius 1 is 1.04 bits per heavy atom. The maximum atomic E-state index is 13.4. The zero-order valence-corrected chi connectivity index (χ0v) is 14.2. The van der Waals surface area contributed by atoms with E-state index in [0.29, 0.717) is 23.0 Å². The Kier molecular flexibility index (Phi) is 3.88. The minimum atomic E-state index is -0.633. The quantitative estimate of drug-likeness (QED) is 0.629. The summed E-state index contributed by atoms with van der Waals surface area (Å²) in [7, 11) is 0. The maximum Gasteiger partial charge on any atom is 0.298 e. The first-order valence-corrected chi connectivity index (χ1v) is 8.53. The lowest BCUT2D eigenvalue weighted by molar-refractivity contribution is -0.107. The summed E-state index contributed by atoms with van der Waals surface area (Å²) < 4.78 is 28.7. The van der Waals surface area contributed by atoms with Crippen LogP contribution in [0, 0.1) is 11.6 Å². The largest absolute Gasteiger partial charge is 0.343 e. The molecule has 1 aliphatic rings. The van der Waals surface area contributed by atoms with Crippen LogP contribution in [0.2, 0.25) is 0 Å². The van der Waals surface area contributed by atoms with Gasteiger partial charge in [0.15, 0.2) is 0 Å². The summed E-state index contributed by atoms with van der Waals surface area (Å²) in [5.74, 6) is -1.27. The van der Waals surface area contributed by atoms with Crippen molar-refractivity contribution in [2.75, 3.05) is 4.90 Å². The summed E-state index contributed by atoms with van der Waals surface area (Å²) >= 11 is 0.611. The summed E-state index contributed by atoms with van der Waals surface area (Å²) in [6.45, 7) is 3.96. The first kappa shape index (κ1) is 16.5. The second-order valence-electron chi connectivity index (χ2n) is 5.87. The van der Waals surface area contributed by atoms with Crippen molar-refractivity contribution >= 4 is 38.7 Å². The number of amides is 1. The Bertz CT molecular complexity index is 1070. The van der Waals surface area contributed by atoms with E-state index < -0.39 is 16.9 Å². The monoisotopic (exact) mass is 370 g/mol. The van der Waals surface area contributed by atoms with E-state index in [9.17, 15) is 18.4 Å². The number of rotatable bonds is 3. The van der Waals surface area contributed by atoms with Gasteiger partial charge in [-0.05, 0) is 35.9 Å². The number of carbonyl (C=O) groups is 2. The molecule has 0 saturated carbocycles. The van der Waals surface area contributed by atoms with Crippen molar-refractivity contribution in [1.82, 2.24) is 4.57 Å². The van der Waals surface area contributed by atoms with Crippen LogP contribution in [0.15, 0.2) is 60.9 Å². The van der Waals surface area contributed by atoms with Gasteiger partial charge in [-0.3, -0.25) is 14.5 Å². The van der Waals surface area contributed by atoms with Crippen LogP contribution in [0.25, 0.3) is 10.9 Å². The number of nitrogens with zero attached hydrogens (tertiary/aromatic N) is 2. The molecule has 0 atom stereocenters. The molecule has 0 spiro atoms. The van der Waals surface area contributed by atoms with Crippen LogP contribution >= 0.6 is 11.8 Å². The minimum absolute atomic E-state index is 0.118. The number of hydrogen-bond donors (Lipinski definition) is 0. The van der Waals surface area contributed by atoms with Gasteiger partial charge in [-0.2, -0.15) is 0 Å². The van der Waals surface area contributed by atoms with Crippen LogP contribution in [0.5, 0.6) is 0 Å². The molecule has 1 aromatic heterocycles. The summed E-state index contributed by atoms with van der Waals surface area (Å²) in [5.41, 5.74) is 1.93. The molecule has 1 aliphatic heterocycles. The average Bonchev–Trinajstić information content (AvgIpc) is 3.08. The van der Waals surface area contributed by atoms with E-state index in [0.717, 1.165) is 17.0 Å². The van der Waals surface area contributed by atoms with E-state index in [-0.39, 0.29) is 17.4 Å². The lowest BCUT2D eigenvalue weighted by atomic mass is 10.2. The second-order valence-corrected chi connectivity index (χ2v) is 6.79. The molecule has 1 fully saturated rings. The molecule has 2 aromatic carbocycles. The predicted octanol–water partition coefficient (Wildman–Crippen LogP) is 4.68. The van der Waals surface area contributed by atoms with Gasteiger partial charge in [-0.25, -0.2) is 8.78 Å². The lowest BCUT2D eigenvalue weighted by Gasteiger charge is -2.16. The van der Waals surface area contributed by atoms with Crippen molar-refractivity contribution in [2.45, 2.75) is 6.54 Å². The average molecular weight is 370 g/mol. The van der Waals surface area contributed by atoms with Crippen molar-refractivity contribution in [3.63, 3.8) is 0 Å². The van der Waals surface area contributed by atoms with Gasteiger partial charge in [0.2, 0.25) is 5.12 Å². The molecule has 0 bridgehead atoms. The molecule has 1 amide bonds. The number of hydrogen-bond acceptors (Lipinski definition) is 3. The Morgan fingerprint density at radius 2 is 1.77 bits per heavy atom. The van der Waals surface area contributed by atoms with Crippen LogP contribution in [0.3, 0.4) is 0 Å². The molecule has 130 valence electrons. The van der Waals surface area contributed by atoms with Gasteiger partial charge in [-0.1, -0.05) is 12.6 Å². The Balaban J connectivity index is 1.77. The molecule has 1 saturated heterocycles. The van der Waals surface area contributed by atoms with Gasteiger partial charge in [0.05, 0.1) is 16.9 Å². The van der Waals surface area contributed by atoms with Gasteiger partial charge >= 0.3 is 0 Å². The Morgan fingerprint density at radius 3 is 2.42 bits per heavy atom. The highest BCUT2D eigenvalue weighted by Crippen LogP contribution is 2.37. The third-order valence-corrected chi connectivity index (χ3v) is 4.95. The van der Waals surface area contributed by atoms with Crippen LogP contribution in [-0.4, -0.2) is 14.9 Å². The normalized spacial score (nSPS) is 14.7. The molecule has 0 aliphatic carbocycles. The minimum Gasteiger partial charge on any atom is -0.343 e. The molecule has 26 heavy (non-hydrogen) atoms. The fourth-order valence-corrected chi connectivity index (χ4v) is 3.74. The van der Waals surface area contributed by atoms with Crippen molar-refractivity contribution < 1.29 is 18.4 Å². The van der Waals surface area contributed by atoms with E-state index in [1.165, 1.54) is 17.0 Å². The topological polar surface area (TPSA) is 42.3 Å². The highest BCUT2D eigenvalue weighted by atomic mass is 32.2. The number of benzene rings is 2. The summed E-state index contributed by atoms with van der Waals surface area (Å²) in [6.07, 6.45) is 1.77. The maximum absolute atomic E-state index is 13.4. The van der Waals surface area contributed by atoms with Crippen molar-refractivity contribution in [1.29, 1.82) is 0 Å². The molecule has 4 rings (SSSR count).